The third-order valence-electron chi connectivity index (χ3n) is 5.71. The van der Waals surface area contributed by atoms with Gasteiger partial charge in [-0.15, -0.1) is 0 Å². The number of hydrogen-bond donors (Lipinski definition) is 4. The maximum absolute atomic E-state index is 5.97. The number of fused-ring (bicyclic) bond motifs is 1. The van der Waals surface area contributed by atoms with Crippen LogP contribution >= 0.6 is 27.5 Å². The summed E-state index contributed by atoms with van der Waals surface area (Å²) in [5, 5.41) is 12.1. The average Bonchev–Trinajstić information content (AvgIpc) is 3.26. The Morgan fingerprint density at radius 3 is 2.82 bits per heavy atom. The predicted molar refractivity (Wildman–Crippen MR) is 140 cm³/mol. The highest BCUT2D eigenvalue weighted by Crippen LogP contribution is 2.31. The first-order valence-electron chi connectivity index (χ1n) is 10.9. The van der Waals surface area contributed by atoms with E-state index in [0.717, 1.165) is 59.0 Å². The van der Waals surface area contributed by atoms with Gasteiger partial charge in [0, 0.05) is 52.7 Å². The first-order valence-corrected chi connectivity index (χ1v) is 12.1. The Labute approximate surface area is 206 Å². The topological polar surface area (TPSA) is 77.7 Å². The molecule has 1 aliphatic rings. The molecule has 33 heavy (non-hydrogen) atoms. The second-order valence-corrected chi connectivity index (χ2v) is 9.26. The van der Waals surface area contributed by atoms with Crippen LogP contribution in [0.15, 0.2) is 65.4 Å². The van der Waals surface area contributed by atoms with Crippen LogP contribution < -0.4 is 16.0 Å². The molecule has 4 N–H and O–H groups in total. The van der Waals surface area contributed by atoms with E-state index in [4.69, 9.17) is 11.6 Å². The molecular formula is C25H24BrClN6. The van der Waals surface area contributed by atoms with Gasteiger partial charge in [-0.2, -0.15) is 4.98 Å². The van der Waals surface area contributed by atoms with Gasteiger partial charge in [-0.05, 0) is 76.8 Å². The van der Waals surface area contributed by atoms with E-state index in [1.807, 2.05) is 30.3 Å². The number of halogens is 2. The Bertz CT molecular complexity index is 1300. The van der Waals surface area contributed by atoms with Gasteiger partial charge in [-0.25, -0.2) is 4.98 Å². The molecule has 3 heterocycles. The summed E-state index contributed by atoms with van der Waals surface area (Å²) in [6.45, 7) is 2.68. The molecule has 0 spiro atoms. The van der Waals surface area contributed by atoms with Crippen LogP contribution in [-0.2, 0) is 6.42 Å². The standard InChI is InChI=1S/C25H24BrClN6/c26-22-15-31-25(33-24(22)29-12-7-16-1-3-18(27)4-2-16)32-19-5-6-23-20(13-19)21(14-30-23)17-8-10-28-11-9-17/h1-6,8,13-15,28,30H,7,9-12H2,(H2,29,31,32,33). The molecule has 1 aliphatic heterocycles. The van der Waals surface area contributed by atoms with Gasteiger partial charge in [0.1, 0.15) is 5.82 Å². The van der Waals surface area contributed by atoms with Gasteiger partial charge in [0.05, 0.1) is 4.47 Å². The molecule has 168 valence electrons. The van der Waals surface area contributed by atoms with Crippen molar-refractivity contribution in [1.29, 1.82) is 0 Å². The molecule has 2 aromatic carbocycles. The van der Waals surface area contributed by atoms with Gasteiger partial charge in [0.25, 0.3) is 0 Å². The van der Waals surface area contributed by atoms with Crippen LogP contribution in [0, 0.1) is 0 Å². The van der Waals surface area contributed by atoms with Crippen molar-refractivity contribution in [3.63, 3.8) is 0 Å². The van der Waals surface area contributed by atoms with E-state index in [1.165, 1.54) is 22.1 Å². The van der Waals surface area contributed by atoms with Gasteiger partial charge in [-0.1, -0.05) is 29.8 Å². The second-order valence-electron chi connectivity index (χ2n) is 7.96. The lowest BCUT2D eigenvalue weighted by atomic mass is 9.99. The van der Waals surface area contributed by atoms with Crippen molar-refractivity contribution in [2.24, 2.45) is 0 Å². The Morgan fingerprint density at radius 1 is 1.12 bits per heavy atom. The maximum atomic E-state index is 5.97. The number of nitrogens with one attached hydrogen (secondary N) is 4. The zero-order chi connectivity index (χ0) is 22.6. The number of anilines is 3. The fraction of sp³-hybridized carbons (Fsp3) is 0.200. The van der Waals surface area contributed by atoms with Crippen molar-refractivity contribution in [1.82, 2.24) is 20.3 Å². The number of hydrogen-bond acceptors (Lipinski definition) is 5. The average molecular weight is 524 g/mol. The van der Waals surface area contributed by atoms with Crippen LogP contribution in [0.1, 0.15) is 17.5 Å². The van der Waals surface area contributed by atoms with Gasteiger partial charge in [0.2, 0.25) is 5.95 Å². The normalized spacial score (nSPS) is 13.7. The zero-order valence-electron chi connectivity index (χ0n) is 18.0. The van der Waals surface area contributed by atoms with Crippen LogP contribution in [-0.4, -0.2) is 34.6 Å². The summed E-state index contributed by atoms with van der Waals surface area (Å²) in [7, 11) is 0. The lowest BCUT2D eigenvalue weighted by Gasteiger charge is -2.14. The summed E-state index contributed by atoms with van der Waals surface area (Å²) < 4.78 is 0.824. The molecule has 0 saturated heterocycles. The molecule has 0 saturated carbocycles. The predicted octanol–water partition coefficient (Wildman–Crippen LogP) is 6.15. The minimum Gasteiger partial charge on any atom is -0.369 e. The van der Waals surface area contributed by atoms with Crippen molar-refractivity contribution in [3.8, 4) is 0 Å². The number of aromatic amines is 1. The molecule has 0 fully saturated rings. The first kappa shape index (κ1) is 21.9. The van der Waals surface area contributed by atoms with Crippen LogP contribution in [0.2, 0.25) is 5.02 Å². The Morgan fingerprint density at radius 2 is 2.00 bits per heavy atom. The Hall–Kier alpha value is -2.87. The van der Waals surface area contributed by atoms with E-state index < -0.39 is 0 Å². The fourth-order valence-corrected chi connectivity index (χ4v) is 4.45. The third-order valence-corrected chi connectivity index (χ3v) is 6.54. The van der Waals surface area contributed by atoms with E-state index in [1.54, 1.807) is 6.20 Å². The van der Waals surface area contributed by atoms with E-state index in [2.05, 4.69) is 71.2 Å². The fourth-order valence-electron chi connectivity index (χ4n) is 3.99. The van der Waals surface area contributed by atoms with Gasteiger partial charge in [0.15, 0.2) is 0 Å². The van der Waals surface area contributed by atoms with Crippen molar-refractivity contribution in [2.75, 3.05) is 30.3 Å². The highest BCUT2D eigenvalue weighted by atomic mass is 79.9. The molecule has 0 bridgehead atoms. The van der Waals surface area contributed by atoms with Crippen molar-refractivity contribution in [2.45, 2.75) is 12.8 Å². The quantitative estimate of drug-likeness (QED) is 0.234. The number of nitrogens with zero attached hydrogens (tertiary/aromatic N) is 2. The summed E-state index contributed by atoms with van der Waals surface area (Å²) in [5.74, 6) is 1.30. The van der Waals surface area contributed by atoms with Crippen molar-refractivity contribution in [3.05, 3.63) is 81.6 Å². The van der Waals surface area contributed by atoms with E-state index in [9.17, 15) is 0 Å². The highest BCUT2D eigenvalue weighted by molar-refractivity contribution is 9.10. The third kappa shape index (κ3) is 5.21. The van der Waals surface area contributed by atoms with E-state index >= 15 is 0 Å². The van der Waals surface area contributed by atoms with Crippen LogP contribution in [0.3, 0.4) is 0 Å². The number of benzene rings is 2. The molecule has 0 atom stereocenters. The van der Waals surface area contributed by atoms with Gasteiger partial charge < -0.3 is 20.9 Å². The molecule has 6 nitrogen and oxygen atoms in total. The molecule has 0 radical (unpaired) electrons. The Kier molecular flexibility index (Phi) is 6.62. The van der Waals surface area contributed by atoms with Gasteiger partial charge in [-0.3, -0.25) is 0 Å². The van der Waals surface area contributed by atoms with Crippen LogP contribution in [0.5, 0.6) is 0 Å². The minimum atomic E-state index is 0.546. The molecule has 5 rings (SSSR count). The lowest BCUT2D eigenvalue weighted by Crippen LogP contribution is -2.19. The summed E-state index contributed by atoms with van der Waals surface area (Å²) >= 11 is 9.51. The zero-order valence-corrected chi connectivity index (χ0v) is 20.3. The molecule has 0 unspecified atom stereocenters. The van der Waals surface area contributed by atoms with Gasteiger partial charge >= 0.3 is 0 Å². The van der Waals surface area contributed by atoms with E-state index in [0.29, 0.717) is 5.95 Å². The monoisotopic (exact) mass is 522 g/mol. The summed E-state index contributed by atoms with van der Waals surface area (Å²) in [6.07, 6.45) is 8.04. The maximum Gasteiger partial charge on any atom is 0.229 e. The minimum absolute atomic E-state index is 0.546. The second kappa shape index (κ2) is 9.95. The van der Waals surface area contributed by atoms with Crippen LogP contribution in [0.4, 0.5) is 17.5 Å². The summed E-state index contributed by atoms with van der Waals surface area (Å²) in [5.41, 5.74) is 5.93. The summed E-state index contributed by atoms with van der Waals surface area (Å²) in [6, 6.07) is 14.2. The highest BCUT2D eigenvalue weighted by Gasteiger charge is 2.12. The SMILES string of the molecule is Clc1ccc(CCNc2nc(Nc3ccc4[nH]cc(C5=CCNCC5)c4c3)ncc2Br)cc1. The van der Waals surface area contributed by atoms with Crippen molar-refractivity contribution >= 4 is 61.5 Å². The number of rotatable bonds is 7. The Balaban J connectivity index is 1.30. The smallest absolute Gasteiger partial charge is 0.229 e. The van der Waals surface area contributed by atoms with Crippen molar-refractivity contribution < 1.29 is 0 Å². The number of aromatic nitrogens is 3. The molecule has 4 aromatic rings. The molecule has 0 aliphatic carbocycles. The van der Waals surface area contributed by atoms with E-state index in [-0.39, 0.29) is 0 Å². The summed E-state index contributed by atoms with van der Waals surface area (Å²) in [4.78, 5) is 12.5. The number of H-pyrrole nitrogens is 1. The first-order chi connectivity index (χ1) is 16.2. The molecular weight excluding hydrogens is 500 g/mol. The largest absolute Gasteiger partial charge is 0.369 e. The lowest BCUT2D eigenvalue weighted by molar-refractivity contribution is 0.739. The molecule has 0 amide bonds. The molecule has 8 heteroatoms. The molecule has 2 aromatic heterocycles. The van der Waals surface area contributed by atoms with Crippen LogP contribution in [0.25, 0.3) is 16.5 Å².